The molecule has 0 aliphatic rings. The van der Waals surface area contributed by atoms with Gasteiger partial charge in [-0.05, 0) is 19.9 Å². The maximum atomic E-state index is 11.7. The Hall–Kier alpha value is -1.96. The molecule has 5 nitrogen and oxygen atoms in total. The molecule has 0 atom stereocenters. The molecule has 0 aromatic carbocycles. The number of nitrogens with zero attached hydrogens (tertiary/aromatic N) is 4. The third-order valence-corrected chi connectivity index (χ3v) is 2.25. The second kappa shape index (κ2) is 7.72. The van der Waals surface area contributed by atoms with Crippen molar-refractivity contribution in [1.29, 1.82) is 0 Å². The molecule has 0 radical (unpaired) electrons. The molecule has 21 heavy (non-hydrogen) atoms. The Morgan fingerprint density at radius 2 is 1.57 bits per heavy atom. The zero-order chi connectivity index (χ0) is 15.9. The van der Waals surface area contributed by atoms with Crippen LogP contribution in [0.15, 0.2) is 24.8 Å². The molecule has 0 spiro atoms. The van der Waals surface area contributed by atoms with Crippen molar-refractivity contribution in [2.24, 2.45) is 0 Å². The summed E-state index contributed by atoms with van der Waals surface area (Å²) in [7, 11) is 0. The van der Waals surface area contributed by atoms with Crippen LogP contribution in [0.25, 0.3) is 0 Å². The Morgan fingerprint density at radius 1 is 1.00 bits per heavy atom. The molecule has 2 aromatic rings. The lowest BCUT2D eigenvalue weighted by atomic mass is 10.4. The summed E-state index contributed by atoms with van der Waals surface area (Å²) >= 11 is 5.49. The molecular weight excluding hydrogens is 307 g/mol. The van der Waals surface area contributed by atoms with Crippen LogP contribution in [0, 0.1) is 13.8 Å². The number of aromatic nitrogens is 4. The Morgan fingerprint density at radius 3 is 2.00 bits per heavy atom. The highest BCUT2D eigenvalue weighted by Gasteiger charge is 2.26. The summed E-state index contributed by atoms with van der Waals surface area (Å²) in [5.74, 6) is 0.185. The zero-order valence-electron chi connectivity index (χ0n) is 11.3. The van der Waals surface area contributed by atoms with E-state index in [1.165, 1.54) is 18.7 Å². The number of aryl methyl sites for hydroxylation is 2. The van der Waals surface area contributed by atoms with E-state index in [-0.39, 0.29) is 5.82 Å². The minimum Gasteiger partial charge on any atom is -0.361 e. The fourth-order valence-corrected chi connectivity index (χ4v) is 1.37. The van der Waals surface area contributed by atoms with Gasteiger partial charge in [0.25, 0.3) is 0 Å². The van der Waals surface area contributed by atoms with E-state index in [1.807, 2.05) is 6.92 Å². The molecule has 0 saturated heterocycles. The van der Waals surface area contributed by atoms with Crippen molar-refractivity contribution in [3.63, 3.8) is 0 Å². The first kappa shape index (κ1) is 17.1. The van der Waals surface area contributed by atoms with Gasteiger partial charge in [0, 0.05) is 17.5 Å². The van der Waals surface area contributed by atoms with E-state index in [4.69, 9.17) is 11.6 Å². The molecule has 0 aliphatic heterocycles. The van der Waals surface area contributed by atoms with Crippen molar-refractivity contribution in [2.75, 3.05) is 11.9 Å². The summed E-state index contributed by atoms with van der Waals surface area (Å²) in [5.41, 5.74) is 1.52. The molecule has 114 valence electrons. The highest BCUT2D eigenvalue weighted by molar-refractivity contribution is 6.29. The third kappa shape index (κ3) is 8.03. The van der Waals surface area contributed by atoms with Crippen LogP contribution in [0.2, 0.25) is 5.15 Å². The van der Waals surface area contributed by atoms with Crippen LogP contribution >= 0.6 is 11.6 Å². The predicted molar refractivity (Wildman–Crippen MR) is 73.1 cm³/mol. The van der Waals surface area contributed by atoms with Crippen molar-refractivity contribution in [2.45, 2.75) is 20.0 Å². The summed E-state index contributed by atoms with van der Waals surface area (Å²) in [6.45, 7) is 2.47. The van der Waals surface area contributed by atoms with Crippen molar-refractivity contribution in [3.05, 3.63) is 41.3 Å². The van der Waals surface area contributed by atoms with E-state index in [0.29, 0.717) is 10.8 Å². The Kier molecular flexibility index (Phi) is 6.29. The molecular formula is C12H13ClF3N5. The predicted octanol–water partition coefficient (Wildman–Crippen LogP) is 3.20. The number of hydrogen-bond acceptors (Lipinski definition) is 5. The van der Waals surface area contributed by atoms with E-state index < -0.39 is 12.7 Å². The van der Waals surface area contributed by atoms with Crippen LogP contribution in [0.3, 0.4) is 0 Å². The lowest BCUT2D eigenvalue weighted by Crippen LogP contribution is -2.21. The van der Waals surface area contributed by atoms with Gasteiger partial charge in [0.05, 0.1) is 0 Å². The van der Waals surface area contributed by atoms with Crippen molar-refractivity contribution >= 4 is 17.4 Å². The van der Waals surface area contributed by atoms with Gasteiger partial charge < -0.3 is 5.32 Å². The van der Waals surface area contributed by atoms with Gasteiger partial charge in [-0.25, -0.2) is 19.9 Å². The highest BCUT2D eigenvalue weighted by Crippen LogP contribution is 2.15. The van der Waals surface area contributed by atoms with Crippen LogP contribution in [0.4, 0.5) is 19.0 Å². The molecule has 0 amide bonds. The molecule has 0 fully saturated rings. The van der Waals surface area contributed by atoms with Gasteiger partial charge in [0.1, 0.15) is 30.2 Å². The van der Waals surface area contributed by atoms with E-state index in [9.17, 15) is 13.2 Å². The van der Waals surface area contributed by atoms with Gasteiger partial charge in [-0.2, -0.15) is 13.2 Å². The molecule has 2 aromatic heterocycles. The van der Waals surface area contributed by atoms with Gasteiger partial charge in [0.2, 0.25) is 0 Å². The molecule has 9 heteroatoms. The van der Waals surface area contributed by atoms with Crippen LogP contribution in [0.1, 0.15) is 11.4 Å². The lowest BCUT2D eigenvalue weighted by molar-refractivity contribution is -0.115. The minimum absolute atomic E-state index is 0.185. The molecule has 0 bridgehead atoms. The van der Waals surface area contributed by atoms with Crippen LogP contribution in [-0.4, -0.2) is 32.7 Å². The summed E-state index contributed by atoms with van der Waals surface area (Å²) in [6, 6.07) is 3.16. The second-order valence-corrected chi connectivity index (χ2v) is 4.38. The number of halogens is 4. The minimum atomic E-state index is -4.22. The first-order valence-corrected chi connectivity index (χ1v) is 6.17. The lowest BCUT2D eigenvalue weighted by Gasteiger charge is -2.08. The SMILES string of the molecule is Cc1cc(Cl)ncn1.Cc1cc(NCC(F)(F)F)ncn1. The standard InChI is InChI=1S/C7H8F3N3.C5H5ClN2/c1-5-2-6(13-4-12-5)11-3-7(8,9)10;1-4-2-5(6)8-3-7-4/h2,4H,3H2,1H3,(H,11,12,13);2-3H,1H3. The van der Waals surface area contributed by atoms with Crippen LogP contribution < -0.4 is 5.32 Å². The Bertz CT molecular complexity index is 560. The monoisotopic (exact) mass is 319 g/mol. The first-order chi connectivity index (χ1) is 9.76. The quantitative estimate of drug-likeness (QED) is 0.861. The zero-order valence-corrected chi connectivity index (χ0v) is 12.1. The maximum Gasteiger partial charge on any atom is 0.405 e. The van der Waals surface area contributed by atoms with E-state index >= 15 is 0 Å². The highest BCUT2D eigenvalue weighted by atomic mass is 35.5. The van der Waals surface area contributed by atoms with E-state index in [0.717, 1.165) is 5.69 Å². The Balaban J connectivity index is 0.000000235. The van der Waals surface area contributed by atoms with Crippen molar-refractivity contribution < 1.29 is 13.2 Å². The number of rotatable bonds is 2. The second-order valence-electron chi connectivity index (χ2n) is 4.00. The summed E-state index contributed by atoms with van der Waals surface area (Å²) in [6.07, 6.45) is -1.56. The van der Waals surface area contributed by atoms with Gasteiger partial charge in [-0.1, -0.05) is 11.6 Å². The van der Waals surface area contributed by atoms with Crippen LogP contribution in [-0.2, 0) is 0 Å². The smallest absolute Gasteiger partial charge is 0.361 e. The number of hydrogen-bond donors (Lipinski definition) is 1. The Labute approximate surface area is 124 Å². The third-order valence-electron chi connectivity index (χ3n) is 2.04. The molecule has 0 unspecified atom stereocenters. The number of alkyl halides is 3. The van der Waals surface area contributed by atoms with Gasteiger partial charge in [0.15, 0.2) is 0 Å². The average Bonchev–Trinajstić information content (AvgIpc) is 2.36. The fourth-order valence-electron chi connectivity index (χ4n) is 1.16. The van der Waals surface area contributed by atoms with Crippen LogP contribution in [0.5, 0.6) is 0 Å². The number of nitrogens with one attached hydrogen (secondary N) is 1. The van der Waals surface area contributed by atoms with Gasteiger partial charge >= 0.3 is 6.18 Å². The summed E-state index contributed by atoms with van der Waals surface area (Å²) in [4.78, 5) is 14.9. The molecule has 2 rings (SSSR count). The first-order valence-electron chi connectivity index (χ1n) is 5.79. The molecule has 1 N–H and O–H groups in total. The maximum absolute atomic E-state index is 11.7. The molecule has 0 aliphatic carbocycles. The molecule has 2 heterocycles. The topological polar surface area (TPSA) is 63.6 Å². The van der Waals surface area contributed by atoms with Gasteiger partial charge in [-0.15, -0.1) is 0 Å². The van der Waals surface area contributed by atoms with Crippen molar-refractivity contribution in [3.8, 4) is 0 Å². The molecule has 0 saturated carbocycles. The average molecular weight is 320 g/mol. The normalized spacial score (nSPS) is 10.6. The van der Waals surface area contributed by atoms with E-state index in [2.05, 4.69) is 25.3 Å². The summed E-state index contributed by atoms with van der Waals surface area (Å²) in [5, 5.41) is 2.65. The van der Waals surface area contributed by atoms with Crippen molar-refractivity contribution in [1.82, 2.24) is 19.9 Å². The van der Waals surface area contributed by atoms with E-state index in [1.54, 1.807) is 13.0 Å². The largest absolute Gasteiger partial charge is 0.405 e. The van der Waals surface area contributed by atoms with Gasteiger partial charge in [-0.3, -0.25) is 0 Å². The summed E-state index contributed by atoms with van der Waals surface area (Å²) < 4.78 is 35.2. The number of anilines is 1. The fraction of sp³-hybridized carbons (Fsp3) is 0.333.